The van der Waals surface area contributed by atoms with E-state index in [0.29, 0.717) is 5.92 Å². The maximum Gasteiger partial charge on any atom is 0.0697 e. The minimum Gasteiger partial charge on any atom is -0.313 e. The molecule has 5 heteroatoms. The second-order valence-corrected chi connectivity index (χ2v) is 6.09. The van der Waals surface area contributed by atoms with Crippen LogP contribution in [0.25, 0.3) is 0 Å². The molecule has 0 radical (unpaired) electrons. The van der Waals surface area contributed by atoms with Gasteiger partial charge in [0, 0.05) is 17.0 Å². The molecule has 1 saturated heterocycles. The van der Waals surface area contributed by atoms with Gasteiger partial charge in [-0.15, -0.1) is 10.2 Å². The third-order valence-corrected chi connectivity index (χ3v) is 3.58. The fourth-order valence-electron chi connectivity index (χ4n) is 2.95. The molecule has 17 heavy (non-hydrogen) atoms. The largest absolute Gasteiger partial charge is 0.313 e. The van der Waals surface area contributed by atoms with Crippen molar-refractivity contribution in [3.8, 4) is 0 Å². The molecular formula is C12H20N4O. The van der Waals surface area contributed by atoms with Crippen LogP contribution >= 0.6 is 0 Å². The van der Waals surface area contributed by atoms with Crippen LogP contribution in [-0.4, -0.2) is 36.8 Å². The Morgan fingerprint density at radius 2 is 1.82 bits per heavy atom. The van der Waals surface area contributed by atoms with Crippen LogP contribution in [0.2, 0.25) is 0 Å². The van der Waals surface area contributed by atoms with Gasteiger partial charge < -0.3 is 5.21 Å². The molecule has 2 heterocycles. The molecule has 0 unspecified atom stereocenters. The number of nitrogens with zero attached hydrogens (tertiary/aromatic N) is 4. The van der Waals surface area contributed by atoms with E-state index < -0.39 is 0 Å². The first kappa shape index (κ1) is 12.4. The zero-order valence-electron chi connectivity index (χ0n) is 10.9. The minimum atomic E-state index is -0.253. The average Bonchev–Trinajstić information content (AvgIpc) is 2.26. The van der Waals surface area contributed by atoms with E-state index in [1.807, 2.05) is 6.07 Å². The first-order valence-corrected chi connectivity index (χ1v) is 5.96. The van der Waals surface area contributed by atoms with Crippen molar-refractivity contribution < 1.29 is 5.21 Å². The van der Waals surface area contributed by atoms with Crippen LogP contribution in [0.4, 0.5) is 0 Å². The van der Waals surface area contributed by atoms with Gasteiger partial charge in [0.1, 0.15) is 0 Å². The number of piperidine rings is 1. The molecule has 0 atom stereocenters. The summed E-state index contributed by atoms with van der Waals surface area (Å²) in [6.07, 6.45) is 3.41. The molecule has 1 aliphatic rings. The van der Waals surface area contributed by atoms with Crippen LogP contribution in [0.3, 0.4) is 0 Å². The molecule has 1 N–H and O–H groups in total. The third kappa shape index (κ3) is 2.30. The Morgan fingerprint density at radius 1 is 1.24 bits per heavy atom. The molecule has 5 nitrogen and oxygen atoms in total. The predicted octanol–water partition coefficient (Wildman–Crippen LogP) is 2.00. The van der Waals surface area contributed by atoms with Crippen molar-refractivity contribution in [3.63, 3.8) is 0 Å². The molecule has 1 fully saturated rings. The van der Waals surface area contributed by atoms with Crippen molar-refractivity contribution in [2.45, 2.75) is 57.5 Å². The van der Waals surface area contributed by atoms with E-state index in [1.54, 1.807) is 6.20 Å². The summed E-state index contributed by atoms with van der Waals surface area (Å²) in [5, 5.41) is 23.2. The zero-order valence-corrected chi connectivity index (χ0v) is 10.9. The summed E-state index contributed by atoms with van der Waals surface area (Å²) < 4.78 is 0. The molecule has 1 aliphatic heterocycles. The molecule has 0 bridgehead atoms. The summed E-state index contributed by atoms with van der Waals surface area (Å²) in [4.78, 5) is 0. The highest BCUT2D eigenvalue weighted by atomic mass is 16.5. The molecule has 0 spiro atoms. The Hall–Kier alpha value is -1.07. The van der Waals surface area contributed by atoms with Crippen molar-refractivity contribution in [2.75, 3.05) is 0 Å². The highest BCUT2D eigenvalue weighted by molar-refractivity contribution is 5.11. The molecule has 1 aromatic heterocycles. The molecule has 1 aromatic rings. The summed E-state index contributed by atoms with van der Waals surface area (Å²) in [5.74, 6) is 0.318. The van der Waals surface area contributed by atoms with Crippen LogP contribution in [0.15, 0.2) is 12.3 Å². The standard InChI is InChI=1S/C12H20N4O/c1-11(2)7-9(8-12(3,4)16(11)17)10-5-6-13-15-14-10/h5-6,9,17H,7-8H2,1-4H3. The van der Waals surface area contributed by atoms with Gasteiger partial charge in [0.2, 0.25) is 0 Å². The normalized spacial score (nSPS) is 24.8. The van der Waals surface area contributed by atoms with Gasteiger partial charge >= 0.3 is 0 Å². The van der Waals surface area contributed by atoms with Gasteiger partial charge in [-0.25, -0.2) is 0 Å². The smallest absolute Gasteiger partial charge is 0.0697 e. The fourth-order valence-corrected chi connectivity index (χ4v) is 2.95. The monoisotopic (exact) mass is 236 g/mol. The fraction of sp³-hybridized carbons (Fsp3) is 0.750. The maximum atomic E-state index is 10.2. The molecule has 0 amide bonds. The topological polar surface area (TPSA) is 62.1 Å². The van der Waals surface area contributed by atoms with E-state index in [9.17, 15) is 5.21 Å². The second kappa shape index (κ2) is 3.99. The summed E-state index contributed by atoms with van der Waals surface area (Å²) in [7, 11) is 0. The second-order valence-electron chi connectivity index (χ2n) is 6.09. The number of hydroxylamine groups is 2. The lowest BCUT2D eigenvalue weighted by Crippen LogP contribution is -2.58. The Labute approximate surface area is 102 Å². The maximum absolute atomic E-state index is 10.2. The van der Waals surface area contributed by atoms with E-state index in [1.165, 1.54) is 5.06 Å². The van der Waals surface area contributed by atoms with Crippen LogP contribution < -0.4 is 0 Å². The van der Waals surface area contributed by atoms with Crippen LogP contribution in [-0.2, 0) is 0 Å². The van der Waals surface area contributed by atoms with E-state index in [4.69, 9.17) is 0 Å². The minimum absolute atomic E-state index is 0.253. The van der Waals surface area contributed by atoms with E-state index >= 15 is 0 Å². The summed E-state index contributed by atoms with van der Waals surface area (Å²) in [6, 6.07) is 1.91. The van der Waals surface area contributed by atoms with Crippen molar-refractivity contribution in [3.05, 3.63) is 18.0 Å². The Balaban J connectivity index is 2.28. The SMILES string of the molecule is CC1(C)CC(c2ccnnn2)CC(C)(C)N1O. The molecule has 0 aliphatic carbocycles. The Morgan fingerprint density at radius 3 is 2.29 bits per heavy atom. The molecule has 2 rings (SSSR count). The Bertz CT molecular complexity index is 373. The summed E-state index contributed by atoms with van der Waals surface area (Å²) >= 11 is 0. The average molecular weight is 236 g/mol. The van der Waals surface area contributed by atoms with Crippen LogP contribution in [0.5, 0.6) is 0 Å². The number of aromatic nitrogens is 3. The van der Waals surface area contributed by atoms with Crippen molar-refractivity contribution in [2.24, 2.45) is 0 Å². The van der Waals surface area contributed by atoms with Crippen molar-refractivity contribution >= 4 is 0 Å². The van der Waals surface area contributed by atoms with E-state index in [0.717, 1.165) is 18.5 Å². The zero-order chi connectivity index (χ0) is 12.7. The number of rotatable bonds is 1. The van der Waals surface area contributed by atoms with Crippen LogP contribution in [0, 0.1) is 0 Å². The first-order valence-electron chi connectivity index (χ1n) is 5.96. The van der Waals surface area contributed by atoms with Gasteiger partial charge in [0.05, 0.1) is 11.9 Å². The van der Waals surface area contributed by atoms with Gasteiger partial charge in [0.25, 0.3) is 0 Å². The molecule has 94 valence electrons. The van der Waals surface area contributed by atoms with E-state index in [-0.39, 0.29) is 11.1 Å². The predicted molar refractivity (Wildman–Crippen MR) is 63.6 cm³/mol. The van der Waals surface area contributed by atoms with E-state index in [2.05, 4.69) is 43.1 Å². The van der Waals surface area contributed by atoms with Crippen molar-refractivity contribution in [1.29, 1.82) is 0 Å². The Kier molecular flexibility index (Phi) is 2.91. The lowest BCUT2D eigenvalue weighted by molar-refractivity contribution is -0.245. The van der Waals surface area contributed by atoms with Crippen LogP contribution in [0.1, 0.15) is 52.1 Å². The van der Waals surface area contributed by atoms with Gasteiger partial charge in [-0.05, 0) is 51.8 Å². The summed E-state index contributed by atoms with van der Waals surface area (Å²) in [5.41, 5.74) is 0.462. The molecule has 0 saturated carbocycles. The van der Waals surface area contributed by atoms with Gasteiger partial charge in [-0.2, -0.15) is 5.06 Å². The highest BCUT2D eigenvalue weighted by Crippen LogP contribution is 2.43. The first-order chi connectivity index (χ1) is 7.83. The quantitative estimate of drug-likeness (QED) is 0.808. The van der Waals surface area contributed by atoms with Gasteiger partial charge in [-0.1, -0.05) is 0 Å². The van der Waals surface area contributed by atoms with Gasteiger partial charge in [0.15, 0.2) is 0 Å². The lowest BCUT2D eigenvalue weighted by atomic mass is 9.74. The summed E-state index contributed by atoms with van der Waals surface area (Å²) in [6.45, 7) is 8.20. The molecular weight excluding hydrogens is 216 g/mol. The van der Waals surface area contributed by atoms with Gasteiger partial charge in [-0.3, -0.25) is 0 Å². The molecule has 0 aromatic carbocycles. The lowest BCUT2D eigenvalue weighted by Gasteiger charge is -2.51. The third-order valence-electron chi connectivity index (χ3n) is 3.58. The van der Waals surface area contributed by atoms with Crippen molar-refractivity contribution in [1.82, 2.24) is 20.5 Å². The number of hydrogen-bond donors (Lipinski definition) is 1. The highest BCUT2D eigenvalue weighted by Gasteiger charge is 2.45. The number of hydrogen-bond acceptors (Lipinski definition) is 5.